The maximum atomic E-state index is 12.6. The molecule has 1 amide bonds. The molecule has 1 aliphatic heterocycles. The van der Waals surface area contributed by atoms with E-state index in [4.69, 9.17) is 9.47 Å². The molecule has 2 aromatic heterocycles. The molecule has 1 aliphatic rings. The van der Waals surface area contributed by atoms with Crippen LogP contribution in [0.1, 0.15) is 6.92 Å². The van der Waals surface area contributed by atoms with Crippen LogP contribution >= 0.6 is 23.1 Å². The number of ether oxygens (including phenoxy) is 2. The number of anilines is 1. The molecule has 4 aromatic rings. The fraction of sp³-hybridized carbons (Fsp3) is 0.167. The molecule has 0 spiro atoms. The van der Waals surface area contributed by atoms with Crippen molar-refractivity contribution in [2.24, 2.45) is 0 Å². The number of amides is 1. The van der Waals surface area contributed by atoms with Gasteiger partial charge in [-0.2, -0.15) is 0 Å². The Labute approximate surface area is 162 Å². The summed E-state index contributed by atoms with van der Waals surface area (Å²) in [7, 11) is 0. The van der Waals surface area contributed by atoms with Crippen LogP contribution in [0.3, 0.4) is 0 Å². The van der Waals surface area contributed by atoms with Gasteiger partial charge in [-0.25, -0.2) is 0 Å². The lowest BCUT2D eigenvalue weighted by Gasteiger charge is -2.11. The van der Waals surface area contributed by atoms with Crippen molar-refractivity contribution in [3.05, 3.63) is 42.5 Å². The van der Waals surface area contributed by atoms with Crippen molar-refractivity contribution in [3.8, 4) is 11.5 Å². The number of carbonyl (C=O) groups excluding carboxylic acids is 1. The van der Waals surface area contributed by atoms with E-state index in [1.807, 2.05) is 29.5 Å². The highest BCUT2D eigenvalue weighted by atomic mass is 32.2. The van der Waals surface area contributed by atoms with E-state index in [9.17, 15) is 4.79 Å². The number of nitrogens with one attached hydrogen (secondary N) is 1. The molecule has 7 nitrogen and oxygen atoms in total. The van der Waals surface area contributed by atoms with E-state index in [1.165, 1.54) is 11.8 Å². The number of para-hydroxylation sites is 1. The van der Waals surface area contributed by atoms with Crippen LogP contribution in [0.2, 0.25) is 0 Å². The minimum atomic E-state index is -0.346. The molecule has 0 fully saturated rings. The molecule has 5 rings (SSSR count). The highest BCUT2D eigenvalue weighted by Crippen LogP contribution is 2.35. The summed E-state index contributed by atoms with van der Waals surface area (Å²) in [6.07, 6.45) is 0. The standard InChI is InChI=1S/C18H14N4O3S2/c1-10(16(23)19-11-6-7-13-14(8-11)25-9-24-13)26-17-20-21-18-22(17)12-4-2-3-5-15(12)27-18/h2-8,10H,9H2,1H3,(H,19,23)/t10-/m0/s1. The highest BCUT2D eigenvalue weighted by Gasteiger charge is 2.21. The summed E-state index contributed by atoms with van der Waals surface area (Å²) >= 11 is 2.96. The molecule has 1 N–H and O–H groups in total. The average molecular weight is 398 g/mol. The third-order valence-electron chi connectivity index (χ3n) is 4.20. The number of fused-ring (bicyclic) bond motifs is 4. The molecule has 0 saturated heterocycles. The normalized spacial score (nSPS) is 14.0. The minimum absolute atomic E-state index is 0.116. The van der Waals surface area contributed by atoms with Crippen LogP contribution in [0.15, 0.2) is 47.6 Å². The molecule has 0 saturated carbocycles. The zero-order chi connectivity index (χ0) is 18.4. The minimum Gasteiger partial charge on any atom is -0.454 e. The number of nitrogens with zero attached hydrogens (tertiary/aromatic N) is 3. The predicted molar refractivity (Wildman–Crippen MR) is 105 cm³/mol. The Bertz CT molecular complexity index is 1170. The second-order valence-corrected chi connectivity index (χ2v) is 8.30. The van der Waals surface area contributed by atoms with Crippen molar-refractivity contribution < 1.29 is 14.3 Å². The molecule has 9 heteroatoms. The summed E-state index contributed by atoms with van der Waals surface area (Å²) in [5, 5.41) is 11.8. The molecule has 0 aliphatic carbocycles. The summed E-state index contributed by atoms with van der Waals surface area (Å²) < 4.78 is 13.8. The molecular formula is C18H14N4O3S2. The number of rotatable bonds is 4. The van der Waals surface area contributed by atoms with Gasteiger partial charge in [-0.05, 0) is 31.2 Å². The predicted octanol–water partition coefficient (Wildman–Crippen LogP) is 3.79. The zero-order valence-electron chi connectivity index (χ0n) is 14.2. The number of thiazole rings is 1. The van der Waals surface area contributed by atoms with Crippen molar-refractivity contribution >= 4 is 49.9 Å². The first kappa shape index (κ1) is 16.4. The van der Waals surface area contributed by atoms with Crippen LogP contribution in [-0.2, 0) is 4.79 Å². The third-order valence-corrected chi connectivity index (χ3v) is 6.26. The van der Waals surface area contributed by atoms with Crippen molar-refractivity contribution in [2.75, 3.05) is 12.1 Å². The molecule has 136 valence electrons. The SMILES string of the molecule is C[C@H](Sc1nnc2sc3ccccc3n12)C(=O)Nc1ccc2c(c1)OCO2. The number of carbonyl (C=O) groups is 1. The Hall–Kier alpha value is -2.78. The van der Waals surface area contributed by atoms with E-state index < -0.39 is 0 Å². The number of thioether (sulfide) groups is 1. The first-order valence-corrected chi connectivity index (χ1v) is 9.98. The van der Waals surface area contributed by atoms with Crippen LogP contribution in [0.4, 0.5) is 5.69 Å². The molecule has 27 heavy (non-hydrogen) atoms. The lowest BCUT2D eigenvalue weighted by molar-refractivity contribution is -0.115. The summed E-state index contributed by atoms with van der Waals surface area (Å²) in [6, 6.07) is 13.4. The molecule has 1 atom stereocenters. The number of aromatic nitrogens is 3. The van der Waals surface area contributed by atoms with Gasteiger partial charge in [-0.1, -0.05) is 35.2 Å². The summed E-state index contributed by atoms with van der Waals surface area (Å²) in [4.78, 5) is 13.4. The maximum absolute atomic E-state index is 12.6. The second-order valence-electron chi connectivity index (χ2n) is 5.99. The van der Waals surface area contributed by atoms with Gasteiger partial charge in [0.15, 0.2) is 16.7 Å². The molecule has 2 aromatic carbocycles. The third kappa shape index (κ3) is 2.88. The van der Waals surface area contributed by atoms with E-state index in [-0.39, 0.29) is 18.0 Å². The highest BCUT2D eigenvalue weighted by molar-refractivity contribution is 8.00. The number of hydrogen-bond donors (Lipinski definition) is 1. The monoisotopic (exact) mass is 398 g/mol. The Balaban J connectivity index is 1.36. The lowest BCUT2D eigenvalue weighted by Crippen LogP contribution is -2.22. The Morgan fingerprint density at radius 2 is 2.07 bits per heavy atom. The first-order chi connectivity index (χ1) is 13.2. The van der Waals surface area contributed by atoms with Crippen LogP contribution in [0, 0.1) is 0 Å². The average Bonchev–Trinajstić information content (AvgIpc) is 3.37. The van der Waals surface area contributed by atoms with Crippen LogP contribution in [0.25, 0.3) is 15.2 Å². The second kappa shape index (κ2) is 6.43. The lowest BCUT2D eigenvalue weighted by atomic mass is 10.2. The quantitative estimate of drug-likeness (QED) is 0.527. The van der Waals surface area contributed by atoms with E-state index in [1.54, 1.807) is 29.5 Å². The van der Waals surface area contributed by atoms with Crippen molar-refractivity contribution in [1.82, 2.24) is 14.6 Å². The zero-order valence-corrected chi connectivity index (χ0v) is 15.8. The van der Waals surface area contributed by atoms with Crippen molar-refractivity contribution in [1.29, 1.82) is 0 Å². The van der Waals surface area contributed by atoms with Crippen LogP contribution < -0.4 is 14.8 Å². The smallest absolute Gasteiger partial charge is 0.237 e. The van der Waals surface area contributed by atoms with Gasteiger partial charge >= 0.3 is 0 Å². The fourth-order valence-corrected chi connectivity index (χ4v) is 4.74. The summed E-state index contributed by atoms with van der Waals surface area (Å²) in [6.45, 7) is 2.05. The molecular weight excluding hydrogens is 384 g/mol. The number of hydrogen-bond acceptors (Lipinski definition) is 7. The van der Waals surface area contributed by atoms with Crippen molar-refractivity contribution in [3.63, 3.8) is 0 Å². The molecule has 0 bridgehead atoms. The molecule has 3 heterocycles. The van der Waals surface area contributed by atoms with E-state index in [2.05, 4.69) is 21.6 Å². The Morgan fingerprint density at radius 3 is 3.00 bits per heavy atom. The van der Waals surface area contributed by atoms with Gasteiger partial charge in [0.1, 0.15) is 0 Å². The van der Waals surface area contributed by atoms with E-state index >= 15 is 0 Å². The van der Waals surface area contributed by atoms with Gasteiger partial charge in [0.05, 0.1) is 15.5 Å². The van der Waals surface area contributed by atoms with Gasteiger partial charge < -0.3 is 14.8 Å². The Kier molecular flexibility index (Phi) is 3.91. The largest absolute Gasteiger partial charge is 0.454 e. The van der Waals surface area contributed by atoms with Gasteiger partial charge in [0.25, 0.3) is 0 Å². The van der Waals surface area contributed by atoms with Gasteiger partial charge in [-0.15, -0.1) is 10.2 Å². The van der Waals surface area contributed by atoms with Gasteiger partial charge in [0.2, 0.25) is 17.7 Å². The fourth-order valence-electron chi connectivity index (χ4n) is 2.86. The number of benzene rings is 2. The summed E-state index contributed by atoms with van der Waals surface area (Å²) in [5.74, 6) is 1.21. The van der Waals surface area contributed by atoms with E-state index in [0.29, 0.717) is 22.3 Å². The van der Waals surface area contributed by atoms with Gasteiger partial charge in [-0.3, -0.25) is 9.20 Å². The molecule has 0 radical (unpaired) electrons. The van der Waals surface area contributed by atoms with E-state index in [0.717, 1.165) is 15.2 Å². The maximum Gasteiger partial charge on any atom is 0.237 e. The van der Waals surface area contributed by atoms with Crippen LogP contribution in [-0.4, -0.2) is 32.5 Å². The Morgan fingerprint density at radius 1 is 1.22 bits per heavy atom. The topological polar surface area (TPSA) is 77.8 Å². The molecule has 0 unspecified atom stereocenters. The van der Waals surface area contributed by atoms with Crippen molar-refractivity contribution in [2.45, 2.75) is 17.3 Å². The van der Waals surface area contributed by atoms with Gasteiger partial charge in [0, 0.05) is 11.8 Å². The first-order valence-electron chi connectivity index (χ1n) is 8.29. The van der Waals surface area contributed by atoms with Crippen LogP contribution in [0.5, 0.6) is 11.5 Å². The summed E-state index contributed by atoms with van der Waals surface area (Å²) in [5.41, 5.74) is 1.72.